The van der Waals surface area contributed by atoms with Crippen molar-refractivity contribution in [1.82, 2.24) is 9.21 Å². The first kappa shape index (κ1) is 27.1. The zero-order valence-electron chi connectivity index (χ0n) is 20.4. The van der Waals surface area contributed by atoms with E-state index in [0.29, 0.717) is 11.5 Å². The Morgan fingerprint density at radius 3 is 2.67 bits per heavy atom. The van der Waals surface area contributed by atoms with Crippen molar-refractivity contribution < 1.29 is 27.8 Å². The van der Waals surface area contributed by atoms with E-state index in [1.807, 2.05) is 6.92 Å². The molecule has 33 heavy (non-hydrogen) atoms. The van der Waals surface area contributed by atoms with Crippen LogP contribution in [0.1, 0.15) is 39.7 Å². The average Bonchev–Trinajstić information content (AvgIpc) is 2.75. The van der Waals surface area contributed by atoms with Crippen LogP contribution in [0.15, 0.2) is 23.1 Å². The van der Waals surface area contributed by atoms with Crippen molar-refractivity contribution in [3.8, 4) is 17.6 Å². The van der Waals surface area contributed by atoms with Gasteiger partial charge >= 0.3 is 0 Å². The third-order valence-corrected chi connectivity index (χ3v) is 7.58. The van der Waals surface area contributed by atoms with E-state index in [1.54, 1.807) is 26.1 Å². The third-order valence-electron chi connectivity index (χ3n) is 5.56. The van der Waals surface area contributed by atoms with E-state index >= 15 is 0 Å². The van der Waals surface area contributed by atoms with Crippen LogP contribution in [0.3, 0.4) is 0 Å². The number of ether oxygens (including phenoxy) is 2. The van der Waals surface area contributed by atoms with E-state index in [-0.39, 0.29) is 48.8 Å². The van der Waals surface area contributed by atoms with Crippen molar-refractivity contribution >= 4 is 15.9 Å². The topological polar surface area (TPSA) is 96.4 Å². The average molecular weight is 481 g/mol. The number of carbonyl (C=O) groups is 1. The molecule has 2 rings (SSSR count). The number of carbonyl (C=O) groups excluding carboxylic acids is 1. The van der Waals surface area contributed by atoms with Crippen molar-refractivity contribution in [1.29, 1.82) is 0 Å². The van der Waals surface area contributed by atoms with Gasteiger partial charge < -0.3 is 19.5 Å². The minimum Gasteiger partial charge on any atom is -0.487 e. The molecule has 1 aliphatic rings. The number of aliphatic hydroxyl groups is 1. The number of hydrogen-bond donors (Lipinski definition) is 1. The highest BCUT2D eigenvalue weighted by Gasteiger charge is 2.38. The molecular weight excluding hydrogens is 444 g/mol. The van der Waals surface area contributed by atoms with Gasteiger partial charge in [0.05, 0.1) is 13.2 Å². The summed E-state index contributed by atoms with van der Waals surface area (Å²) in [5.41, 5.74) is 0.655. The number of likely N-dealkylation sites (N-methyl/N-ethyl adjacent to an activating group) is 1. The maximum atomic E-state index is 13.5. The number of fused-ring (bicyclic) bond motifs is 1. The molecule has 8 nitrogen and oxygen atoms in total. The van der Waals surface area contributed by atoms with Gasteiger partial charge in [-0.2, -0.15) is 4.31 Å². The maximum Gasteiger partial charge on any atom is 0.248 e. The van der Waals surface area contributed by atoms with Crippen LogP contribution in [0.2, 0.25) is 0 Å². The second-order valence-corrected chi connectivity index (χ2v) is 10.9. The Morgan fingerprint density at radius 2 is 2.06 bits per heavy atom. The largest absolute Gasteiger partial charge is 0.487 e. The smallest absolute Gasteiger partial charge is 0.248 e. The van der Waals surface area contributed by atoms with Gasteiger partial charge in [0.2, 0.25) is 15.9 Å². The Bertz CT molecular complexity index is 982. The molecule has 0 spiro atoms. The Hall–Kier alpha value is -2.12. The predicted molar refractivity (Wildman–Crippen MR) is 126 cm³/mol. The summed E-state index contributed by atoms with van der Waals surface area (Å²) < 4.78 is 39.5. The van der Waals surface area contributed by atoms with Crippen molar-refractivity contribution in [3.05, 3.63) is 23.8 Å². The molecule has 1 amide bonds. The van der Waals surface area contributed by atoms with Gasteiger partial charge in [-0.3, -0.25) is 4.79 Å². The highest BCUT2D eigenvalue weighted by molar-refractivity contribution is 7.89. The third kappa shape index (κ3) is 6.93. The second-order valence-electron chi connectivity index (χ2n) is 9.01. The minimum absolute atomic E-state index is 0.0278. The van der Waals surface area contributed by atoms with Crippen molar-refractivity contribution in [2.75, 3.05) is 40.5 Å². The van der Waals surface area contributed by atoms with Crippen molar-refractivity contribution in [3.63, 3.8) is 0 Å². The van der Waals surface area contributed by atoms with Crippen LogP contribution in [0, 0.1) is 23.7 Å². The zero-order chi connectivity index (χ0) is 24.8. The van der Waals surface area contributed by atoms with Gasteiger partial charge in [0, 0.05) is 44.6 Å². The summed E-state index contributed by atoms with van der Waals surface area (Å²) in [5, 5.41) is 9.72. The summed E-state index contributed by atoms with van der Waals surface area (Å²) in [4.78, 5) is 13.8. The molecule has 0 bridgehead atoms. The van der Waals surface area contributed by atoms with Gasteiger partial charge in [0.25, 0.3) is 0 Å². The molecule has 1 aromatic rings. The molecule has 1 N–H and O–H groups in total. The van der Waals surface area contributed by atoms with Gasteiger partial charge in [-0.25, -0.2) is 8.42 Å². The Kier molecular flexibility index (Phi) is 9.73. The van der Waals surface area contributed by atoms with Crippen LogP contribution in [0.4, 0.5) is 0 Å². The Morgan fingerprint density at radius 1 is 1.36 bits per heavy atom. The number of aliphatic hydroxyl groups excluding tert-OH is 1. The molecule has 0 saturated heterocycles. The SMILES string of the molecule is COCC(=O)N(C)C[C@@H]1Oc2cc(C#CCC(C)C)ccc2S(=O)(=O)N([C@@H](C)CO)C[C@H]1C. The van der Waals surface area contributed by atoms with Crippen LogP contribution < -0.4 is 4.74 Å². The normalized spacial score (nSPS) is 21.1. The second kappa shape index (κ2) is 11.8. The fraction of sp³-hybridized carbons (Fsp3) is 0.625. The number of sulfonamides is 1. The molecule has 0 fully saturated rings. The molecule has 0 unspecified atom stereocenters. The molecule has 1 aromatic carbocycles. The summed E-state index contributed by atoms with van der Waals surface area (Å²) in [6, 6.07) is 4.21. The monoisotopic (exact) mass is 480 g/mol. The first-order chi connectivity index (χ1) is 15.5. The maximum absolute atomic E-state index is 13.5. The lowest BCUT2D eigenvalue weighted by atomic mass is 10.0. The molecule has 0 saturated carbocycles. The molecule has 0 aromatic heterocycles. The summed E-state index contributed by atoms with van der Waals surface area (Å²) in [6.07, 6.45) is 0.252. The van der Waals surface area contributed by atoms with Crippen molar-refractivity contribution in [2.45, 2.75) is 51.2 Å². The van der Waals surface area contributed by atoms with E-state index in [4.69, 9.17) is 9.47 Å². The number of benzene rings is 1. The summed E-state index contributed by atoms with van der Waals surface area (Å²) >= 11 is 0. The van der Waals surface area contributed by atoms with E-state index in [1.165, 1.54) is 22.4 Å². The van der Waals surface area contributed by atoms with E-state index in [9.17, 15) is 18.3 Å². The zero-order valence-corrected chi connectivity index (χ0v) is 21.2. The fourth-order valence-corrected chi connectivity index (χ4v) is 5.31. The molecule has 0 aliphatic carbocycles. The summed E-state index contributed by atoms with van der Waals surface area (Å²) in [6.45, 7) is 7.75. The molecule has 184 valence electrons. The molecule has 9 heteroatoms. The predicted octanol–water partition coefficient (Wildman–Crippen LogP) is 1.96. The van der Waals surface area contributed by atoms with Crippen LogP contribution in [0.5, 0.6) is 5.75 Å². The first-order valence-electron chi connectivity index (χ1n) is 11.2. The summed E-state index contributed by atoms with van der Waals surface area (Å²) in [5.74, 6) is 6.36. The molecule has 0 radical (unpaired) electrons. The van der Waals surface area contributed by atoms with Gasteiger partial charge in [-0.05, 0) is 31.0 Å². The Labute approximate surface area is 197 Å². The van der Waals surface area contributed by atoms with Gasteiger partial charge in [0.15, 0.2) is 0 Å². The number of hydrogen-bond acceptors (Lipinski definition) is 6. The van der Waals surface area contributed by atoms with Crippen LogP contribution in [-0.4, -0.2) is 81.2 Å². The molecule has 1 aliphatic heterocycles. The number of methoxy groups -OCH3 is 1. The Balaban J connectivity index is 2.52. The van der Waals surface area contributed by atoms with Crippen LogP contribution >= 0.6 is 0 Å². The molecular formula is C24H36N2O6S. The highest BCUT2D eigenvalue weighted by Crippen LogP contribution is 2.34. The van der Waals surface area contributed by atoms with Crippen LogP contribution in [0.25, 0.3) is 0 Å². The van der Waals surface area contributed by atoms with Gasteiger partial charge in [0.1, 0.15) is 23.4 Å². The molecule has 3 atom stereocenters. The number of amides is 1. The van der Waals surface area contributed by atoms with E-state index in [2.05, 4.69) is 25.7 Å². The quantitative estimate of drug-likeness (QED) is 0.600. The lowest BCUT2D eigenvalue weighted by Crippen LogP contribution is -2.50. The van der Waals surface area contributed by atoms with E-state index in [0.717, 1.165) is 6.42 Å². The lowest BCUT2D eigenvalue weighted by Gasteiger charge is -2.37. The van der Waals surface area contributed by atoms with E-state index < -0.39 is 22.2 Å². The van der Waals surface area contributed by atoms with Crippen LogP contribution in [-0.2, 0) is 19.6 Å². The fourth-order valence-electron chi connectivity index (χ4n) is 3.48. The summed E-state index contributed by atoms with van der Waals surface area (Å²) in [7, 11) is -0.796. The first-order valence-corrected chi connectivity index (χ1v) is 12.6. The minimum atomic E-state index is -3.91. The van der Waals surface area contributed by atoms with Gasteiger partial charge in [-0.1, -0.05) is 32.6 Å². The highest BCUT2D eigenvalue weighted by atomic mass is 32.2. The number of rotatable bonds is 7. The molecule has 1 heterocycles. The standard InChI is InChI=1S/C24H36N2O6S/c1-17(2)8-7-9-20-10-11-23-21(12-20)32-22(14-25(5)24(28)16-31-6)18(3)13-26(19(4)15-27)33(23,29)30/h10-12,17-19,22,27H,8,13-16H2,1-6H3/t18-,19+,22+/m1/s1. The van der Waals surface area contributed by atoms with Gasteiger partial charge in [-0.15, -0.1) is 0 Å². The van der Waals surface area contributed by atoms with Crippen molar-refractivity contribution in [2.24, 2.45) is 11.8 Å². The lowest BCUT2D eigenvalue weighted by molar-refractivity contribution is -0.135. The number of nitrogens with zero attached hydrogens (tertiary/aromatic N) is 2.